The van der Waals surface area contributed by atoms with Crippen molar-refractivity contribution in [2.45, 2.75) is 38.8 Å². The third-order valence-corrected chi connectivity index (χ3v) is 2.76. The van der Waals surface area contributed by atoms with Crippen molar-refractivity contribution in [3.63, 3.8) is 0 Å². The lowest BCUT2D eigenvalue weighted by Gasteiger charge is -2.23. The van der Waals surface area contributed by atoms with E-state index in [2.05, 4.69) is 5.32 Å². The van der Waals surface area contributed by atoms with Crippen LogP contribution in [0.2, 0.25) is 0 Å². The van der Waals surface area contributed by atoms with Crippen molar-refractivity contribution in [1.82, 2.24) is 5.32 Å². The Morgan fingerprint density at radius 3 is 2.26 bits per heavy atom. The normalized spacial score (nSPS) is 12.6. The fourth-order valence-corrected chi connectivity index (χ4v) is 1.92. The number of hydrogen-bond acceptors (Lipinski definition) is 4. The van der Waals surface area contributed by atoms with Crippen LogP contribution in [0.25, 0.3) is 0 Å². The summed E-state index contributed by atoms with van der Waals surface area (Å²) in [5.41, 5.74) is -1.33. The summed E-state index contributed by atoms with van der Waals surface area (Å²) in [6.07, 6.45) is -1.05. The van der Waals surface area contributed by atoms with E-state index in [0.717, 1.165) is 12.1 Å². The molecule has 0 heterocycles. The summed E-state index contributed by atoms with van der Waals surface area (Å²) in [6, 6.07) is 2.42. The molecule has 1 N–H and O–H groups in total. The standard InChI is InChI=1S/C16H21F2NO4/c1-16(2,3)23-15(21)19-10(9-22-4)8-13(20)14-11(17)6-5-7-12(14)18/h5-7,10H,8-9H2,1-4H3,(H,19,21). The number of carbonyl (C=O) groups excluding carboxylic acids is 2. The van der Waals surface area contributed by atoms with Gasteiger partial charge in [0.05, 0.1) is 18.2 Å². The minimum atomic E-state index is -0.941. The number of carbonyl (C=O) groups is 2. The first-order chi connectivity index (χ1) is 10.6. The molecule has 0 fully saturated rings. The van der Waals surface area contributed by atoms with Crippen LogP contribution in [0, 0.1) is 11.6 Å². The second kappa shape index (κ2) is 8.01. The highest BCUT2D eigenvalue weighted by molar-refractivity contribution is 5.97. The van der Waals surface area contributed by atoms with Gasteiger partial charge in [-0.25, -0.2) is 13.6 Å². The lowest BCUT2D eigenvalue weighted by molar-refractivity contribution is 0.0464. The van der Waals surface area contributed by atoms with E-state index in [1.54, 1.807) is 20.8 Å². The number of nitrogens with one attached hydrogen (secondary N) is 1. The summed E-state index contributed by atoms with van der Waals surface area (Å²) in [5.74, 6) is -2.65. The number of benzene rings is 1. The summed E-state index contributed by atoms with van der Waals surface area (Å²) in [6.45, 7) is 5.08. The Balaban J connectivity index is 2.79. The number of ether oxygens (including phenoxy) is 2. The zero-order valence-corrected chi connectivity index (χ0v) is 13.6. The molecule has 23 heavy (non-hydrogen) atoms. The van der Waals surface area contributed by atoms with E-state index < -0.39 is 40.7 Å². The van der Waals surface area contributed by atoms with Crippen molar-refractivity contribution in [2.24, 2.45) is 0 Å². The van der Waals surface area contributed by atoms with Gasteiger partial charge in [0.15, 0.2) is 5.78 Å². The van der Waals surface area contributed by atoms with Gasteiger partial charge >= 0.3 is 6.09 Å². The maximum Gasteiger partial charge on any atom is 0.407 e. The minimum Gasteiger partial charge on any atom is -0.444 e. The van der Waals surface area contributed by atoms with E-state index in [-0.39, 0.29) is 13.0 Å². The van der Waals surface area contributed by atoms with E-state index in [0.29, 0.717) is 0 Å². The monoisotopic (exact) mass is 329 g/mol. The summed E-state index contributed by atoms with van der Waals surface area (Å²) in [5, 5.41) is 2.46. The number of ketones is 1. The Morgan fingerprint density at radius 2 is 1.78 bits per heavy atom. The maximum atomic E-state index is 13.6. The van der Waals surface area contributed by atoms with E-state index in [9.17, 15) is 18.4 Å². The molecule has 1 atom stereocenters. The van der Waals surface area contributed by atoms with Crippen LogP contribution in [0.3, 0.4) is 0 Å². The van der Waals surface area contributed by atoms with Crippen LogP contribution in [-0.4, -0.2) is 37.2 Å². The number of rotatable bonds is 6. The van der Waals surface area contributed by atoms with Gasteiger partial charge in [-0.05, 0) is 32.9 Å². The molecule has 1 unspecified atom stereocenters. The first-order valence-corrected chi connectivity index (χ1v) is 7.09. The van der Waals surface area contributed by atoms with Gasteiger partial charge in [-0.15, -0.1) is 0 Å². The van der Waals surface area contributed by atoms with Gasteiger partial charge in [0.25, 0.3) is 0 Å². The molecule has 0 aliphatic rings. The Kier molecular flexibility index (Phi) is 6.62. The van der Waals surface area contributed by atoms with Crippen molar-refractivity contribution in [3.05, 3.63) is 35.4 Å². The lowest BCUT2D eigenvalue weighted by Crippen LogP contribution is -2.42. The van der Waals surface area contributed by atoms with E-state index in [1.807, 2.05) is 0 Å². The van der Waals surface area contributed by atoms with Crippen LogP contribution in [0.5, 0.6) is 0 Å². The second-order valence-corrected chi connectivity index (χ2v) is 6.02. The fourth-order valence-electron chi connectivity index (χ4n) is 1.92. The van der Waals surface area contributed by atoms with Crippen molar-refractivity contribution in [3.8, 4) is 0 Å². The lowest BCUT2D eigenvalue weighted by atomic mass is 10.0. The number of Topliss-reactive ketones (excluding diaryl/α,β-unsaturated/α-hetero) is 1. The molecule has 128 valence electrons. The molecule has 0 bridgehead atoms. The predicted molar refractivity (Wildman–Crippen MR) is 80.3 cm³/mol. The number of hydrogen-bond donors (Lipinski definition) is 1. The average molecular weight is 329 g/mol. The highest BCUT2D eigenvalue weighted by Gasteiger charge is 2.24. The van der Waals surface area contributed by atoms with E-state index in [1.165, 1.54) is 13.2 Å². The summed E-state index contributed by atoms with van der Waals surface area (Å²) in [7, 11) is 1.39. The van der Waals surface area contributed by atoms with Crippen LogP contribution >= 0.6 is 0 Å². The van der Waals surface area contributed by atoms with Gasteiger partial charge in [0.1, 0.15) is 17.2 Å². The number of methoxy groups -OCH3 is 1. The molecular weight excluding hydrogens is 308 g/mol. The molecule has 0 aromatic heterocycles. The molecule has 1 amide bonds. The molecule has 0 saturated carbocycles. The third-order valence-electron chi connectivity index (χ3n) is 2.76. The molecule has 0 aliphatic heterocycles. The molecule has 0 radical (unpaired) electrons. The van der Waals surface area contributed by atoms with Gasteiger partial charge in [-0.3, -0.25) is 4.79 Å². The third kappa shape index (κ3) is 6.32. The predicted octanol–water partition coefficient (Wildman–Crippen LogP) is 3.08. The first kappa shape index (κ1) is 19.0. The summed E-state index contributed by atoms with van der Waals surface area (Å²) < 4.78 is 37.2. The van der Waals surface area contributed by atoms with Crippen LogP contribution in [-0.2, 0) is 9.47 Å². The van der Waals surface area contributed by atoms with Crippen LogP contribution in [0.15, 0.2) is 18.2 Å². The molecule has 0 spiro atoms. The average Bonchev–Trinajstić information content (AvgIpc) is 2.36. The fraction of sp³-hybridized carbons (Fsp3) is 0.500. The SMILES string of the molecule is COCC(CC(=O)c1c(F)cccc1F)NC(=O)OC(C)(C)C. The van der Waals surface area contributed by atoms with Crippen LogP contribution in [0.1, 0.15) is 37.6 Å². The van der Waals surface area contributed by atoms with E-state index in [4.69, 9.17) is 9.47 Å². The molecule has 1 aromatic rings. The second-order valence-electron chi connectivity index (χ2n) is 6.02. The van der Waals surface area contributed by atoms with Crippen molar-refractivity contribution >= 4 is 11.9 Å². The first-order valence-electron chi connectivity index (χ1n) is 7.09. The Bertz CT molecular complexity index is 549. The largest absolute Gasteiger partial charge is 0.444 e. The molecule has 0 saturated heterocycles. The Labute approximate surface area is 134 Å². The van der Waals surface area contributed by atoms with Gasteiger partial charge in [-0.2, -0.15) is 0 Å². The van der Waals surface area contributed by atoms with Gasteiger partial charge in [0, 0.05) is 13.5 Å². The van der Waals surface area contributed by atoms with Crippen molar-refractivity contribution in [2.75, 3.05) is 13.7 Å². The van der Waals surface area contributed by atoms with Crippen molar-refractivity contribution < 1.29 is 27.8 Å². The number of alkyl carbamates (subject to hydrolysis) is 1. The molecule has 5 nitrogen and oxygen atoms in total. The molecule has 0 aliphatic carbocycles. The van der Waals surface area contributed by atoms with Crippen LogP contribution < -0.4 is 5.32 Å². The van der Waals surface area contributed by atoms with Gasteiger partial charge in [0.2, 0.25) is 0 Å². The molecule has 1 aromatic carbocycles. The molecular formula is C16H21F2NO4. The smallest absolute Gasteiger partial charge is 0.407 e. The summed E-state index contributed by atoms with van der Waals surface area (Å²) in [4.78, 5) is 23.9. The highest BCUT2D eigenvalue weighted by Crippen LogP contribution is 2.16. The number of halogens is 2. The quantitative estimate of drug-likeness (QED) is 0.815. The minimum absolute atomic E-state index is 0.00105. The summed E-state index contributed by atoms with van der Waals surface area (Å²) >= 11 is 0. The number of amides is 1. The Morgan fingerprint density at radius 1 is 1.22 bits per heavy atom. The molecule has 7 heteroatoms. The topological polar surface area (TPSA) is 64.6 Å². The maximum absolute atomic E-state index is 13.6. The zero-order chi connectivity index (χ0) is 17.6. The Hall–Kier alpha value is -2.02. The van der Waals surface area contributed by atoms with Gasteiger partial charge < -0.3 is 14.8 Å². The molecule has 1 rings (SSSR count). The van der Waals surface area contributed by atoms with Gasteiger partial charge in [-0.1, -0.05) is 6.07 Å². The van der Waals surface area contributed by atoms with E-state index >= 15 is 0 Å². The van der Waals surface area contributed by atoms with Crippen LogP contribution in [0.4, 0.5) is 13.6 Å². The highest BCUT2D eigenvalue weighted by atomic mass is 19.1. The van der Waals surface area contributed by atoms with Crippen molar-refractivity contribution in [1.29, 1.82) is 0 Å². The zero-order valence-electron chi connectivity index (χ0n) is 13.6.